The molecule has 0 aliphatic carbocycles. The molecule has 10 atom stereocenters. The van der Waals surface area contributed by atoms with Gasteiger partial charge in [-0.2, -0.15) is 0 Å². The highest BCUT2D eigenvalue weighted by Crippen LogP contribution is 2.27. The van der Waals surface area contributed by atoms with Crippen molar-refractivity contribution in [2.45, 2.75) is 61.4 Å². The van der Waals surface area contributed by atoms with Crippen LogP contribution in [-0.4, -0.2) is 117 Å². The van der Waals surface area contributed by atoms with E-state index in [4.69, 9.17) is 28.1 Å². The molecule has 2 saturated heterocycles. The number of ether oxygens (including phenoxy) is 5. The summed E-state index contributed by atoms with van der Waals surface area (Å²) in [4.78, 5) is 11.6. The highest BCUT2D eigenvalue weighted by Gasteiger charge is 2.47. The van der Waals surface area contributed by atoms with Crippen molar-refractivity contribution in [3.8, 4) is 11.5 Å². The van der Waals surface area contributed by atoms with E-state index in [9.17, 15) is 40.5 Å². The average Bonchev–Trinajstić information content (AvgIpc) is 2.95. The van der Waals surface area contributed by atoms with Crippen LogP contribution in [0, 0.1) is 0 Å². The number of hydrogen-bond acceptors (Lipinski definition) is 14. The van der Waals surface area contributed by atoms with Crippen molar-refractivity contribution in [3.05, 3.63) is 58.1 Å². The maximum absolute atomic E-state index is 11.6. The molecule has 7 N–H and O–H groups in total. The smallest absolute Gasteiger partial charge is 0.339 e. The Hall–Kier alpha value is -2.89. The summed E-state index contributed by atoms with van der Waals surface area (Å²) in [5.74, 6) is 0.897. The van der Waals surface area contributed by atoms with Crippen LogP contribution >= 0.6 is 0 Å². The Morgan fingerprint density at radius 1 is 0.775 bits per heavy atom. The third-order valence-electron chi connectivity index (χ3n) is 6.51. The number of methoxy groups -OCH3 is 1. The van der Waals surface area contributed by atoms with Gasteiger partial charge in [0.25, 0.3) is 0 Å². The predicted octanol–water partition coefficient (Wildman–Crippen LogP) is -2.18. The Morgan fingerprint density at radius 3 is 2.05 bits per heavy atom. The molecular weight excluding hydrogens is 536 g/mol. The molecule has 2 aromatic rings. The van der Waals surface area contributed by atoms with Crippen molar-refractivity contribution in [3.63, 3.8) is 0 Å². The molecule has 1 unspecified atom stereocenters. The minimum Gasteiger partial charge on any atom is -0.496 e. The van der Waals surface area contributed by atoms with Crippen molar-refractivity contribution in [2.75, 3.05) is 20.3 Å². The molecular formula is C26H32O14. The van der Waals surface area contributed by atoms with E-state index in [1.54, 1.807) is 42.5 Å². The molecule has 4 rings (SSSR count). The number of rotatable bonds is 9. The van der Waals surface area contributed by atoms with Crippen LogP contribution in [-0.2, 0) is 14.2 Å². The third kappa shape index (κ3) is 6.87. The van der Waals surface area contributed by atoms with Gasteiger partial charge in [-0.1, -0.05) is 18.2 Å². The molecule has 14 nitrogen and oxygen atoms in total. The molecule has 2 aliphatic rings. The third-order valence-corrected chi connectivity index (χ3v) is 6.51. The van der Waals surface area contributed by atoms with E-state index in [0.29, 0.717) is 11.3 Å². The number of aliphatic hydroxyl groups excluding tert-OH is 7. The van der Waals surface area contributed by atoms with Crippen molar-refractivity contribution in [1.82, 2.24) is 0 Å². The van der Waals surface area contributed by atoms with Crippen molar-refractivity contribution in [1.29, 1.82) is 0 Å². The first-order chi connectivity index (χ1) is 19.1. The van der Waals surface area contributed by atoms with Gasteiger partial charge in [0.2, 0.25) is 6.29 Å². The maximum Gasteiger partial charge on any atom is 0.339 e. The zero-order valence-electron chi connectivity index (χ0n) is 21.3. The molecule has 14 heteroatoms. The lowest BCUT2D eigenvalue weighted by atomic mass is 9.98. The minimum absolute atomic E-state index is 0.256. The summed E-state index contributed by atoms with van der Waals surface area (Å²) in [7, 11) is 1.43. The van der Waals surface area contributed by atoms with Gasteiger partial charge >= 0.3 is 5.63 Å². The predicted molar refractivity (Wildman–Crippen MR) is 134 cm³/mol. The molecule has 40 heavy (non-hydrogen) atoms. The average molecular weight is 569 g/mol. The molecule has 0 bridgehead atoms. The number of benzene rings is 1. The van der Waals surface area contributed by atoms with Gasteiger partial charge < -0.3 is 63.8 Å². The van der Waals surface area contributed by atoms with Crippen LogP contribution in [0.3, 0.4) is 0 Å². The first kappa shape index (κ1) is 30.1. The van der Waals surface area contributed by atoms with E-state index in [1.807, 2.05) is 0 Å². The van der Waals surface area contributed by atoms with Gasteiger partial charge in [0, 0.05) is 6.07 Å². The Labute approximate surface area is 227 Å². The van der Waals surface area contributed by atoms with Gasteiger partial charge in [0.1, 0.15) is 66.1 Å². The summed E-state index contributed by atoms with van der Waals surface area (Å²) >= 11 is 0. The van der Waals surface area contributed by atoms with Gasteiger partial charge in [0.05, 0.1) is 26.4 Å². The second-order valence-corrected chi connectivity index (χ2v) is 9.28. The molecule has 0 saturated carbocycles. The zero-order chi connectivity index (χ0) is 29.0. The van der Waals surface area contributed by atoms with E-state index < -0.39 is 80.3 Å². The van der Waals surface area contributed by atoms with Crippen LogP contribution in [0.15, 0.2) is 45.6 Å². The standard InChI is InChI=1S/C26H32O14/c1-35-15-8-14(37-18(28)9-15)7-4-12-2-5-13(6-3-12)38-26-24(34)22(32)20(30)17(40-26)11-36-25-23(33)21(31)19(29)16(10-27)39-25/h2-9,16-17,19-27,29-34H,10-11H2,1H3/b7-4+/t16-,17-,19-,20-,21?,22+,23-,24-,25+,26+/m1/s1. The SMILES string of the molecule is COc1cc(/C=C/c2ccc(O[C@H]3O[C@H](CO[C@H]4O[C@H](CO)[C@@H](O)C(O)[C@H]4O)[C@@H](O)[C@H](O)[C@H]3O)cc2)oc(=O)c1. The van der Waals surface area contributed by atoms with Crippen LogP contribution in [0.25, 0.3) is 12.2 Å². The van der Waals surface area contributed by atoms with Crippen molar-refractivity contribution >= 4 is 12.2 Å². The van der Waals surface area contributed by atoms with E-state index in [-0.39, 0.29) is 11.5 Å². The molecule has 2 fully saturated rings. The monoisotopic (exact) mass is 568 g/mol. The van der Waals surface area contributed by atoms with Gasteiger partial charge in [-0.3, -0.25) is 0 Å². The molecule has 1 aromatic carbocycles. The Kier molecular flexibility index (Phi) is 9.91. The number of hydrogen-bond donors (Lipinski definition) is 7. The second-order valence-electron chi connectivity index (χ2n) is 9.28. The molecule has 1 aromatic heterocycles. The van der Waals surface area contributed by atoms with Crippen LogP contribution in [0.1, 0.15) is 11.3 Å². The number of aliphatic hydroxyl groups is 7. The highest BCUT2D eigenvalue weighted by molar-refractivity contribution is 5.67. The highest BCUT2D eigenvalue weighted by atomic mass is 16.7. The van der Waals surface area contributed by atoms with Gasteiger partial charge in [-0.25, -0.2) is 4.79 Å². The van der Waals surface area contributed by atoms with Crippen molar-refractivity contribution < 1.29 is 63.8 Å². The lowest BCUT2D eigenvalue weighted by Gasteiger charge is -2.42. The summed E-state index contributed by atoms with van der Waals surface area (Å²) in [5, 5.41) is 70.3. The fraction of sp³-hybridized carbons (Fsp3) is 0.500. The van der Waals surface area contributed by atoms with E-state index >= 15 is 0 Å². The fourth-order valence-corrected chi connectivity index (χ4v) is 4.19. The first-order valence-electron chi connectivity index (χ1n) is 12.4. The largest absolute Gasteiger partial charge is 0.496 e. The summed E-state index contributed by atoms with van der Waals surface area (Å²) in [5.41, 5.74) is 0.155. The van der Waals surface area contributed by atoms with Gasteiger partial charge in [-0.15, -0.1) is 0 Å². The lowest BCUT2D eigenvalue weighted by Crippen LogP contribution is -2.62. The second kappa shape index (κ2) is 13.2. The zero-order valence-corrected chi connectivity index (χ0v) is 21.3. The molecule has 0 amide bonds. The first-order valence-corrected chi connectivity index (χ1v) is 12.4. The van der Waals surface area contributed by atoms with E-state index in [2.05, 4.69) is 0 Å². The summed E-state index contributed by atoms with van der Waals surface area (Å²) in [6, 6.07) is 9.24. The van der Waals surface area contributed by atoms with Crippen molar-refractivity contribution in [2.24, 2.45) is 0 Å². The summed E-state index contributed by atoms with van der Waals surface area (Å²) in [6.45, 7) is -1.13. The molecule has 2 aliphatic heterocycles. The minimum atomic E-state index is -1.68. The maximum atomic E-state index is 11.6. The lowest BCUT2D eigenvalue weighted by molar-refractivity contribution is -0.323. The Balaban J connectivity index is 1.37. The van der Waals surface area contributed by atoms with Crippen LogP contribution in [0.2, 0.25) is 0 Å². The van der Waals surface area contributed by atoms with Crippen LogP contribution in [0.5, 0.6) is 11.5 Å². The summed E-state index contributed by atoms with van der Waals surface area (Å²) < 4.78 is 32.1. The quantitative estimate of drug-likeness (QED) is 0.171. The summed E-state index contributed by atoms with van der Waals surface area (Å²) in [6.07, 6.45) is -11.9. The fourth-order valence-electron chi connectivity index (χ4n) is 4.19. The van der Waals surface area contributed by atoms with E-state index in [0.717, 1.165) is 0 Å². The molecule has 0 spiro atoms. The van der Waals surface area contributed by atoms with Crippen LogP contribution < -0.4 is 15.1 Å². The van der Waals surface area contributed by atoms with Gasteiger partial charge in [0.15, 0.2) is 6.29 Å². The van der Waals surface area contributed by atoms with Gasteiger partial charge in [-0.05, 0) is 23.8 Å². The normalized spacial score (nSPS) is 34.6. The Morgan fingerprint density at radius 2 is 1.40 bits per heavy atom. The molecule has 220 valence electrons. The molecule has 3 heterocycles. The Bertz CT molecular complexity index is 1180. The van der Waals surface area contributed by atoms with Crippen LogP contribution in [0.4, 0.5) is 0 Å². The molecule has 0 radical (unpaired) electrons. The van der Waals surface area contributed by atoms with E-state index in [1.165, 1.54) is 13.2 Å². The topological polar surface area (TPSA) is 218 Å².